The van der Waals surface area contributed by atoms with Crippen molar-refractivity contribution in [2.24, 2.45) is 12.5 Å². The van der Waals surface area contributed by atoms with E-state index in [1.807, 2.05) is 34.0 Å². The first kappa shape index (κ1) is 13.5. The number of nitrogens with one attached hydrogen (secondary N) is 1. The molecule has 0 aliphatic heterocycles. The Morgan fingerprint density at radius 3 is 2.71 bits per heavy atom. The third-order valence-electron chi connectivity index (χ3n) is 2.23. The Balaban J connectivity index is 2.53. The van der Waals surface area contributed by atoms with Crippen molar-refractivity contribution in [3.8, 4) is 5.88 Å². The second-order valence-corrected chi connectivity index (χ2v) is 5.35. The Hall–Kier alpha value is -1.52. The zero-order valence-electron chi connectivity index (χ0n) is 11.2. The fraction of sp³-hybridized carbons (Fsp3) is 0.667. The Morgan fingerprint density at radius 2 is 2.18 bits per heavy atom. The molecule has 0 bridgehead atoms. The number of carbonyl (C=O) groups excluding carboxylic acids is 1. The van der Waals surface area contributed by atoms with Crippen LogP contribution in [-0.2, 0) is 18.4 Å². The minimum Gasteiger partial charge on any atom is -0.480 e. The van der Waals surface area contributed by atoms with Crippen LogP contribution in [0, 0.1) is 5.41 Å². The van der Waals surface area contributed by atoms with Gasteiger partial charge in [-0.2, -0.15) is 0 Å². The summed E-state index contributed by atoms with van der Waals surface area (Å²) in [5.41, 5.74) is 0.889. The third-order valence-corrected chi connectivity index (χ3v) is 2.23. The van der Waals surface area contributed by atoms with Gasteiger partial charge in [0.25, 0.3) is 0 Å². The van der Waals surface area contributed by atoms with E-state index in [0.29, 0.717) is 18.8 Å². The topological polar surface area (TPSA) is 56.1 Å². The molecular weight excluding hydrogens is 218 g/mol. The lowest BCUT2D eigenvalue weighted by molar-refractivity contribution is -0.122. The molecule has 1 amide bonds. The Morgan fingerprint density at radius 1 is 1.53 bits per heavy atom. The highest BCUT2D eigenvalue weighted by atomic mass is 16.5. The first-order chi connectivity index (χ1) is 7.81. The molecule has 0 atom stereocenters. The van der Waals surface area contributed by atoms with Gasteiger partial charge < -0.3 is 10.1 Å². The fourth-order valence-corrected chi connectivity index (χ4v) is 1.55. The SMILES string of the molecule is COc1nn(C)cc1CNC(=O)CC(C)(C)C. The number of aryl methyl sites for hydroxylation is 1. The average Bonchev–Trinajstić information content (AvgIpc) is 2.53. The van der Waals surface area contributed by atoms with Crippen LogP contribution in [0.5, 0.6) is 5.88 Å². The number of nitrogens with zero attached hydrogens (tertiary/aromatic N) is 2. The molecule has 96 valence electrons. The van der Waals surface area contributed by atoms with Gasteiger partial charge in [0, 0.05) is 26.2 Å². The van der Waals surface area contributed by atoms with Crippen molar-refractivity contribution in [2.45, 2.75) is 33.7 Å². The summed E-state index contributed by atoms with van der Waals surface area (Å²) >= 11 is 0. The third kappa shape index (κ3) is 4.46. The lowest BCUT2D eigenvalue weighted by Crippen LogP contribution is -2.27. The van der Waals surface area contributed by atoms with E-state index in [1.54, 1.807) is 11.8 Å². The summed E-state index contributed by atoms with van der Waals surface area (Å²) in [6.45, 7) is 6.57. The normalized spacial score (nSPS) is 11.4. The highest BCUT2D eigenvalue weighted by Gasteiger charge is 2.16. The number of methoxy groups -OCH3 is 1. The van der Waals surface area contributed by atoms with E-state index in [4.69, 9.17) is 4.74 Å². The summed E-state index contributed by atoms with van der Waals surface area (Å²) in [6.07, 6.45) is 2.35. The Bertz CT molecular complexity index is 391. The van der Waals surface area contributed by atoms with Gasteiger partial charge in [-0.1, -0.05) is 20.8 Å². The van der Waals surface area contributed by atoms with E-state index in [0.717, 1.165) is 5.56 Å². The van der Waals surface area contributed by atoms with Crippen LogP contribution < -0.4 is 10.1 Å². The molecule has 5 heteroatoms. The van der Waals surface area contributed by atoms with E-state index in [2.05, 4.69) is 10.4 Å². The van der Waals surface area contributed by atoms with Gasteiger partial charge in [0.15, 0.2) is 0 Å². The Kier molecular flexibility index (Phi) is 4.15. The summed E-state index contributed by atoms with van der Waals surface area (Å²) < 4.78 is 6.79. The monoisotopic (exact) mass is 239 g/mol. The van der Waals surface area contributed by atoms with Crippen molar-refractivity contribution >= 4 is 5.91 Å². The van der Waals surface area contributed by atoms with Crippen molar-refractivity contribution in [1.29, 1.82) is 0 Å². The molecule has 1 heterocycles. The maximum atomic E-state index is 11.7. The number of ether oxygens (including phenoxy) is 1. The van der Waals surface area contributed by atoms with Gasteiger partial charge >= 0.3 is 0 Å². The molecule has 1 aromatic heterocycles. The van der Waals surface area contributed by atoms with Crippen molar-refractivity contribution in [1.82, 2.24) is 15.1 Å². The molecule has 0 saturated carbocycles. The van der Waals surface area contributed by atoms with Crippen LogP contribution in [0.1, 0.15) is 32.8 Å². The molecule has 0 radical (unpaired) electrons. The maximum Gasteiger partial charge on any atom is 0.237 e. The predicted octanol–water partition coefficient (Wildman–Crippen LogP) is 1.48. The number of carbonyl (C=O) groups is 1. The van der Waals surface area contributed by atoms with Gasteiger partial charge in [-0.3, -0.25) is 9.48 Å². The van der Waals surface area contributed by atoms with Crippen LogP contribution in [0.25, 0.3) is 0 Å². The summed E-state index contributed by atoms with van der Waals surface area (Å²) in [5.74, 6) is 0.604. The largest absolute Gasteiger partial charge is 0.480 e. The molecule has 1 N–H and O–H groups in total. The summed E-state index contributed by atoms with van der Waals surface area (Å²) in [7, 11) is 3.39. The van der Waals surface area contributed by atoms with Gasteiger partial charge in [0.05, 0.1) is 12.7 Å². The van der Waals surface area contributed by atoms with Gasteiger partial charge in [0.2, 0.25) is 11.8 Å². The number of aromatic nitrogens is 2. The minimum absolute atomic E-state index is 0.00308. The molecule has 5 nitrogen and oxygen atoms in total. The molecule has 0 spiro atoms. The van der Waals surface area contributed by atoms with Crippen molar-refractivity contribution in [3.63, 3.8) is 0 Å². The van der Waals surface area contributed by atoms with E-state index in [1.165, 1.54) is 0 Å². The van der Waals surface area contributed by atoms with Crippen molar-refractivity contribution in [3.05, 3.63) is 11.8 Å². The predicted molar refractivity (Wildman–Crippen MR) is 65.7 cm³/mol. The average molecular weight is 239 g/mol. The number of amides is 1. The van der Waals surface area contributed by atoms with Gasteiger partial charge in [-0.15, -0.1) is 5.10 Å². The fourth-order valence-electron chi connectivity index (χ4n) is 1.55. The number of rotatable bonds is 4. The van der Waals surface area contributed by atoms with Crippen LogP contribution in [0.4, 0.5) is 0 Å². The summed E-state index contributed by atoms with van der Waals surface area (Å²) in [5, 5.41) is 7.00. The van der Waals surface area contributed by atoms with Gasteiger partial charge in [0.1, 0.15) is 0 Å². The van der Waals surface area contributed by atoms with Gasteiger partial charge in [-0.05, 0) is 5.41 Å². The first-order valence-electron chi connectivity index (χ1n) is 5.65. The smallest absolute Gasteiger partial charge is 0.237 e. The zero-order chi connectivity index (χ0) is 13.1. The van der Waals surface area contributed by atoms with E-state index < -0.39 is 0 Å². The maximum absolute atomic E-state index is 11.7. The molecule has 0 fully saturated rings. The molecule has 1 rings (SSSR count). The zero-order valence-corrected chi connectivity index (χ0v) is 11.2. The van der Waals surface area contributed by atoms with Crippen LogP contribution in [-0.4, -0.2) is 22.8 Å². The number of hydrogen-bond donors (Lipinski definition) is 1. The summed E-state index contributed by atoms with van der Waals surface area (Å²) in [4.78, 5) is 11.7. The quantitative estimate of drug-likeness (QED) is 0.866. The van der Waals surface area contributed by atoms with Gasteiger partial charge in [-0.25, -0.2) is 0 Å². The molecular formula is C12H21N3O2. The standard InChI is InChI=1S/C12H21N3O2/c1-12(2,3)6-10(16)13-7-9-8-15(4)14-11(9)17-5/h8H,6-7H2,1-5H3,(H,13,16). The van der Waals surface area contributed by atoms with Crippen LogP contribution in [0.3, 0.4) is 0 Å². The molecule has 0 unspecified atom stereocenters. The molecule has 1 aromatic rings. The molecule has 17 heavy (non-hydrogen) atoms. The number of hydrogen-bond acceptors (Lipinski definition) is 3. The molecule has 0 aliphatic rings. The van der Waals surface area contributed by atoms with E-state index >= 15 is 0 Å². The second kappa shape index (κ2) is 5.21. The highest BCUT2D eigenvalue weighted by molar-refractivity contribution is 5.76. The molecule has 0 aliphatic carbocycles. The van der Waals surface area contributed by atoms with Crippen molar-refractivity contribution in [2.75, 3.05) is 7.11 Å². The van der Waals surface area contributed by atoms with Crippen LogP contribution >= 0.6 is 0 Å². The molecule has 0 saturated heterocycles. The highest BCUT2D eigenvalue weighted by Crippen LogP contribution is 2.18. The second-order valence-electron chi connectivity index (χ2n) is 5.35. The lowest BCUT2D eigenvalue weighted by Gasteiger charge is -2.17. The van der Waals surface area contributed by atoms with Crippen LogP contribution in [0.2, 0.25) is 0 Å². The minimum atomic E-state index is 0.00308. The van der Waals surface area contributed by atoms with Crippen LogP contribution in [0.15, 0.2) is 6.20 Å². The Labute approximate surface area is 102 Å². The first-order valence-corrected chi connectivity index (χ1v) is 5.65. The molecule has 0 aromatic carbocycles. The van der Waals surface area contributed by atoms with E-state index in [-0.39, 0.29) is 11.3 Å². The van der Waals surface area contributed by atoms with E-state index in [9.17, 15) is 4.79 Å². The summed E-state index contributed by atoms with van der Waals surface area (Å²) in [6, 6.07) is 0. The lowest BCUT2D eigenvalue weighted by atomic mass is 9.92. The van der Waals surface area contributed by atoms with Crippen molar-refractivity contribution < 1.29 is 9.53 Å².